The number of carbonyl (C=O) groups is 2. The third-order valence-corrected chi connectivity index (χ3v) is 4.99. The van der Waals surface area contributed by atoms with Crippen molar-refractivity contribution in [2.45, 2.75) is 39.9 Å². The van der Waals surface area contributed by atoms with Crippen molar-refractivity contribution < 1.29 is 28.5 Å². The fourth-order valence-electron chi connectivity index (χ4n) is 2.73. The van der Waals surface area contributed by atoms with Crippen LogP contribution in [-0.4, -0.2) is 35.7 Å². The van der Waals surface area contributed by atoms with Crippen LogP contribution in [0.5, 0.6) is 11.6 Å². The van der Waals surface area contributed by atoms with Crippen LogP contribution in [0.3, 0.4) is 0 Å². The largest absolute Gasteiger partial charge is 0.479 e. The van der Waals surface area contributed by atoms with Crippen molar-refractivity contribution in [2.75, 3.05) is 13.2 Å². The molecule has 3 aromatic rings. The summed E-state index contributed by atoms with van der Waals surface area (Å²) < 4.78 is 21.9. The molecule has 31 heavy (non-hydrogen) atoms. The van der Waals surface area contributed by atoms with Gasteiger partial charge in [0.15, 0.2) is 17.2 Å². The number of ether oxygens (including phenoxy) is 4. The van der Waals surface area contributed by atoms with Crippen molar-refractivity contribution in [3.8, 4) is 11.6 Å². The van der Waals surface area contributed by atoms with Gasteiger partial charge in [0, 0.05) is 6.07 Å². The van der Waals surface area contributed by atoms with Crippen LogP contribution in [0.1, 0.15) is 42.9 Å². The first-order valence-electron chi connectivity index (χ1n) is 9.89. The fourth-order valence-corrected chi connectivity index (χ4v) is 3.73. The summed E-state index contributed by atoms with van der Waals surface area (Å²) >= 11 is 1.13. The Morgan fingerprint density at radius 2 is 1.77 bits per heavy atom. The number of hydrogen-bond acceptors (Lipinski definition) is 8. The standard InChI is InChI=1S/C23H25NO6S/c1-5-27-22(26)20-19(29-14-18(25)30-23(2,3)4)16-11-12-17(24-21(16)31-20)28-13-15-9-7-6-8-10-15/h6-12H,5,13-14H2,1-4H3. The number of benzene rings is 1. The van der Waals surface area contributed by atoms with Gasteiger partial charge in [-0.15, -0.1) is 11.3 Å². The van der Waals surface area contributed by atoms with Gasteiger partial charge in [0.05, 0.1) is 12.0 Å². The molecule has 0 radical (unpaired) electrons. The molecule has 2 aromatic heterocycles. The summed E-state index contributed by atoms with van der Waals surface area (Å²) in [6.07, 6.45) is 0. The number of fused-ring (bicyclic) bond motifs is 1. The molecule has 0 aliphatic rings. The van der Waals surface area contributed by atoms with E-state index in [0.717, 1.165) is 16.9 Å². The number of pyridine rings is 1. The molecule has 0 unspecified atom stereocenters. The summed E-state index contributed by atoms with van der Waals surface area (Å²) in [5, 5.41) is 0.601. The molecule has 0 fully saturated rings. The lowest BCUT2D eigenvalue weighted by molar-refractivity contribution is -0.157. The maximum atomic E-state index is 12.4. The minimum absolute atomic E-state index is 0.220. The van der Waals surface area contributed by atoms with Crippen molar-refractivity contribution in [3.63, 3.8) is 0 Å². The second-order valence-electron chi connectivity index (χ2n) is 7.63. The maximum absolute atomic E-state index is 12.4. The Morgan fingerprint density at radius 3 is 2.45 bits per heavy atom. The lowest BCUT2D eigenvalue weighted by Crippen LogP contribution is -2.27. The van der Waals surface area contributed by atoms with Crippen LogP contribution in [0.15, 0.2) is 42.5 Å². The third-order valence-electron chi connectivity index (χ3n) is 3.93. The van der Waals surface area contributed by atoms with Gasteiger partial charge in [-0.05, 0) is 39.3 Å². The van der Waals surface area contributed by atoms with E-state index >= 15 is 0 Å². The number of esters is 2. The van der Waals surface area contributed by atoms with Gasteiger partial charge in [-0.3, -0.25) is 0 Å². The monoisotopic (exact) mass is 443 g/mol. The molecule has 1 aromatic carbocycles. The molecular weight excluding hydrogens is 418 g/mol. The predicted octanol–water partition coefficient (Wildman–Crippen LogP) is 4.77. The molecule has 2 heterocycles. The number of hydrogen-bond donors (Lipinski definition) is 0. The molecule has 0 amide bonds. The lowest BCUT2D eigenvalue weighted by atomic mass is 10.2. The Labute approximate surface area is 184 Å². The molecule has 0 atom stereocenters. The minimum atomic E-state index is -0.631. The summed E-state index contributed by atoms with van der Waals surface area (Å²) in [5.41, 5.74) is 0.386. The van der Waals surface area contributed by atoms with E-state index in [1.54, 1.807) is 39.8 Å². The van der Waals surface area contributed by atoms with Gasteiger partial charge in [-0.2, -0.15) is 0 Å². The smallest absolute Gasteiger partial charge is 0.352 e. The highest BCUT2D eigenvalue weighted by molar-refractivity contribution is 7.20. The molecule has 0 aliphatic heterocycles. The fraction of sp³-hybridized carbons (Fsp3) is 0.348. The van der Waals surface area contributed by atoms with Gasteiger partial charge in [-0.25, -0.2) is 14.6 Å². The normalized spacial score (nSPS) is 11.2. The first kappa shape index (κ1) is 22.6. The predicted molar refractivity (Wildman–Crippen MR) is 118 cm³/mol. The van der Waals surface area contributed by atoms with E-state index in [2.05, 4.69) is 4.98 Å². The molecule has 3 rings (SSSR count). The van der Waals surface area contributed by atoms with Crippen molar-refractivity contribution in [1.82, 2.24) is 4.98 Å². The average Bonchev–Trinajstić information content (AvgIpc) is 3.08. The zero-order chi connectivity index (χ0) is 22.4. The number of thiophene rings is 1. The first-order valence-corrected chi connectivity index (χ1v) is 10.7. The molecule has 0 spiro atoms. The van der Waals surface area contributed by atoms with Crippen molar-refractivity contribution in [1.29, 1.82) is 0 Å². The number of carbonyl (C=O) groups excluding carboxylic acids is 2. The molecular formula is C23H25NO6S. The third kappa shape index (κ3) is 6.18. The highest BCUT2D eigenvalue weighted by Crippen LogP contribution is 2.38. The molecule has 0 aliphatic carbocycles. The first-order chi connectivity index (χ1) is 14.8. The van der Waals surface area contributed by atoms with Gasteiger partial charge >= 0.3 is 11.9 Å². The van der Waals surface area contributed by atoms with E-state index in [1.807, 2.05) is 30.3 Å². The highest BCUT2D eigenvalue weighted by atomic mass is 32.1. The topological polar surface area (TPSA) is 84.0 Å². The molecule has 164 valence electrons. The Morgan fingerprint density at radius 1 is 1.03 bits per heavy atom. The number of rotatable bonds is 8. The quantitative estimate of drug-likeness (QED) is 0.464. The van der Waals surface area contributed by atoms with E-state index in [-0.39, 0.29) is 23.8 Å². The molecule has 0 saturated heterocycles. The SMILES string of the molecule is CCOC(=O)c1sc2nc(OCc3ccccc3)ccc2c1OCC(=O)OC(C)(C)C. The van der Waals surface area contributed by atoms with Crippen molar-refractivity contribution in [3.05, 3.63) is 52.9 Å². The van der Waals surface area contributed by atoms with E-state index in [9.17, 15) is 9.59 Å². The lowest BCUT2D eigenvalue weighted by Gasteiger charge is -2.19. The van der Waals surface area contributed by atoms with Crippen LogP contribution in [0.4, 0.5) is 0 Å². The Kier molecular flexibility index (Phi) is 7.12. The Hall–Kier alpha value is -3.13. The summed E-state index contributed by atoms with van der Waals surface area (Å²) in [6.45, 7) is 7.30. The second kappa shape index (κ2) is 9.78. The van der Waals surface area contributed by atoms with E-state index in [0.29, 0.717) is 22.7 Å². The molecule has 8 heteroatoms. The molecule has 0 saturated carbocycles. The van der Waals surface area contributed by atoms with Crippen molar-refractivity contribution in [2.24, 2.45) is 0 Å². The van der Waals surface area contributed by atoms with Crippen LogP contribution in [0.2, 0.25) is 0 Å². The molecule has 0 N–H and O–H groups in total. The van der Waals surface area contributed by atoms with Gasteiger partial charge in [-0.1, -0.05) is 30.3 Å². The zero-order valence-electron chi connectivity index (χ0n) is 18.0. The van der Waals surface area contributed by atoms with Gasteiger partial charge in [0.1, 0.15) is 17.0 Å². The molecule has 0 bridgehead atoms. The summed E-state index contributed by atoms with van der Waals surface area (Å²) in [4.78, 5) is 29.8. The Balaban J connectivity index is 1.83. The van der Waals surface area contributed by atoms with E-state index in [1.165, 1.54) is 0 Å². The maximum Gasteiger partial charge on any atom is 0.352 e. The summed E-state index contributed by atoms with van der Waals surface area (Å²) in [6, 6.07) is 13.2. The van der Waals surface area contributed by atoms with Gasteiger partial charge in [0.2, 0.25) is 5.88 Å². The van der Waals surface area contributed by atoms with Crippen LogP contribution in [0, 0.1) is 0 Å². The zero-order valence-corrected chi connectivity index (χ0v) is 18.8. The highest BCUT2D eigenvalue weighted by Gasteiger charge is 2.24. The summed E-state index contributed by atoms with van der Waals surface area (Å²) in [5.74, 6) is -0.382. The van der Waals surface area contributed by atoms with Crippen LogP contribution >= 0.6 is 11.3 Å². The van der Waals surface area contributed by atoms with E-state index < -0.39 is 17.5 Å². The van der Waals surface area contributed by atoms with Gasteiger partial charge < -0.3 is 18.9 Å². The molecule has 7 nitrogen and oxygen atoms in total. The van der Waals surface area contributed by atoms with Crippen LogP contribution in [-0.2, 0) is 20.9 Å². The number of nitrogens with zero attached hydrogens (tertiary/aromatic N) is 1. The second-order valence-corrected chi connectivity index (χ2v) is 8.63. The van der Waals surface area contributed by atoms with Crippen LogP contribution in [0.25, 0.3) is 10.2 Å². The number of aromatic nitrogens is 1. The van der Waals surface area contributed by atoms with E-state index in [4.69, 9.17) is 18.9 Å². The van der Waals surface area contributed by atoms with Crippen molar-refractivity contribution >= 4 is 33.5 Å². The van der Waals surface area contributed by atoms with Gasteiger partial charge in [0.25, 0.3) is 0 Å². The van der Waals surface area contributed by atoms with Crippen LogP contribution < -0.4 is 9.47 Å². The average molecular weight is 444 g/mol. The minimum Gasteiger partial charge on any atom is -0.479 e. The summed E-state index contributed by atoms with van der Waals surface area (Å²) in [7, 11) is 0. The Bertz CT molecular complexity index is 1060.